The van der Waals surface area contributed by atoms with E-state index in [9.17, 15) is 0 Å². The Labute approximate surface area is 97.3 Å². The van der Waals surface area contributed by atoms with Crippen LogP contribution in [0.4, 0.5) is 0 Å². The van der Waals surface area contributed by atoms with Crippen molar-refractivity contribution in [3.05, 3.63) is 34.6 Å². The number of hydrogen-bond donors (Lipinski definition) is 0. The van der Waals surface area contributed by atoms with Crippen LogP contribution in [0.1, 0.15) is 12.5 Å². The summed E-state index contributed by atoms with van der Waals surface area (Å²) in [4.78, 5) is 4.32. The fraction of sp³-hybridized carbons (Fsp3) is 0.273. The molecule has 0 aliphatic carbocycles. The molecule has 4 heteroatoms. The van der Waals surface area contributed by atoms with Gasteiger partial charge in [0.1, 0.15) is 0 Å². The van der Waals surface area contributed by atoms with Gasteiger partial charge in [-0.3, -0.25) is 0 Å². The summed E-state index contributed by atoms with van der Waals surface area (Å²) >= 11 is 3.34. The van der Waals surface area contributed by atoms with Gasteiger partial charge < -0.3 is 0 Å². The van der Waals surface area contributed by atoms with Crippen LogP contribution in [0, 0.1) is 0 Å². The van der Waals surface area contributed by atoms with Crippen LogP contribution in [0.2, 0.25) is 0 Å². The van der Waals surface area contributed by atoms with Gasteiger partial charge in [-0.25, -0.2) is 9.67 Å². The molecule has 0 saturated heterocycles. The number of benzene rings is 1. The average Bonchev–Trinajstić information content (AvgIpc) is 2.59. The van der Waals surface area contributed by atoms with Crippen molar-refractivity contribution in [1.82, 2.24) is 14.8 Å². The molecule has 1 heterocycles. The lowest BCUT2D eigenvalue weighted by Gasteiger charge is -1.98. The maximum absolute atomic E-state index is 4.32. The zero-order chi connectivity index (χ0) is 10.8. The molecule has 0 spiro atoms. The lowest BCUT2D eigenvalue weighted by molar-refractivity contribution is 0.747. The predicted octanol–water partition coefficient (Wildman–Crippen LogP) is 2.81. The summed E-state index contributed by atoms with van der Waals surface area (Å²) < 4.78 is 2.47. The maximum Gasteiger partial charge on any atom is 0.195 e. The van der Waals surface area contributed by atoms with E-state index < -0.39 is 0 Å². The zero-order valence-corrected chi connectivity index (χ0v) is 10.3. The SMILES string of the molecule is CCc1cccc(-c2nc(Br)n(C)n2)c1. The van der Waals surface area contributed by atoms with Gasteiger partial charge in [0, 0.05) is 12.6 Å². The number of hydrogen-bond acceptors (Lipinski definition) is 2. The number of rotatable bonds is 2. The van der Waals surface area contributed by atoms with Gasteiger partial charge >= 0.3 is 0 Å². The lowest BCUT2D eigenvalue weighted by atomic mass is 10.1. The summed E-state index contributed by atoms with van der Waals surface area (Å²) in [5.74, 6) is 0.764. The summed E-state index contributed by atoms with van der Waals surface area (Å²) in [6.07, 6.45) is 1.03. The first-order valence-corrected chi connectivity index (χ1v) is 5.66. The van der Waals surface area contributed by atoms with E-state index in [1.807, 2.05) is 19.2 Å². The van der Waals surface area contributed by atoms with E-state index in [4.69, 9.17) is 0 Å². The molecule has 0 unspecified atom stereocenters. The van der Waals surface area contributed by atoms with E-state index in [0.717, 1.165) is 22.5 Å². The first kappa shape index (κ1) is 10.4. The van der Waals surface area contributed by atoms with Gasteiger partial charge in [-0.1, -0.05) is 25.1 Å². The molecule has 0 fully saturated rings. The topological polar surface area (TPSA) is 30.7 Å². The fourth-order valence-electron chi connectivity index (χ4n) is 1.42. The Balaban J connectivity index is 2.44. The molecule has 15 heavy (non-hydrogen) atoms. The summed E-state index contributed by atoms with van der Waals surface area (Å²) in [7, 11) is 1.87. The first-order chi connectivity index (χ1) is 7.20. The smallest absolute Gasteiger partial charge is 0.195 e. The van der Waals surface area contributed by atoms with Crippen molar-refractivity contribution in [2.75, 3.05) is 0 Å². The van der Waals surface area contributed by atoms with Crippen LogP contribution in [0.15, 0.2) is 29.0 Å². The molecule has 0 amide bonds. The van der Waals surface area contributed by atoms with Crippen molar-refractivity contribution in [3.8, 4) is 11.4 Å². The first-order valence-electron chi connectivity index (χ1n) is 4.86. The van der Waals surface area contributed by atoms with Crippen LogP contribution in [0.25, 0.3) is 11.4 Å². The van der Waals surface area contributed by atoms with Crippen LogP contribution in [0.5, 0.6) is 0 Å². The van der Waals surface area contributed by atoms with Gasteiger partial charge in [0.2, 0.25) is 0 Å². The van der Waals surface area contributed by atoms with Gasteiger partial charge in [-0.15, -0.1) is 0 Å². The monoisotopic (exact) mass is 265 g/mol. The Morgan fingerprint density at radius 2 is 2.20 bits per heavy atom. The minimum absolute atomic E-state index is 0.749. The molecule has 78 valence electrons. The summed E-state index contributed by atoms with van der Waals surface area (Å²) in [6, 6.07) is 8.31. The van der Waals surface area contributed by atoms with Gasteiger partial charge in [-0.05, 0) is 34.0 Å². The van der Waals surface area contributed by atoms with E-state index in [1.165, 1.54) is 5.56 Å². The molecule has 0 aliphatic heterocycles. The van der Waals surface area contributed by atoms with Crippen LogP contribution in [-0.4, -0.2) is 14.8 Å². The predicted molar refractivity (Wildman–Crippen MR) is 63.5 cm³/mol. The van der Waals surface area contributed by atoms with Crippen LogP contribution < -0.4 is 0 Å². The van der Waals surface area contributed by atoms with Gasteiger partial charge in [0.25, 0.3) is 0 Å². The Bertz CT molecular complexity index is 457. The largest absolute Gasteiger partial charge is 0.243 e. The van der Waals surface area contributed by atoms with E-state index in [2.05, 4.69) is 45.1 Å². The van der Waals surface area contributed by atoms with E-state index >= 15 is 0 Å². The number of nitrogens with zero attached hydrogens (tertiary/aromatic N) is 3. The highest BCUT2D eigenvalue weighted by atomic mass is 79.9. The van der Waals surface area contributed by atoms with Crippen LogP contribution >= 0.6 is 15.9 Å². The molecule has 0 aliphatic rings. The van der Waals surface area contributed by atoms with Crippen molar-refractivity contribution in [1.29, 1.82) is 0 Å². The molecule has 2 rings (SSSR count). The third-order valence-corrected chi connectivity index (χ3v) is 2.99. The molecule has 2 aromatic rings. The van der Waals surface area contributed by atoms with Gasteiger partial charge in [0.15, 0.2) is 10.6 Å². The third-order valence-electron chi connectivity index (χ3n) is 2.30. The van der Waals surface area contributed by atoms with E-state index in [1.54, 1.807) is 4.68 Å². The van der Waals surface area contributed by atoms with Crippen molar-refractivity contribution in [3.63, 3.8) is 0 Å². The third kappa shape index (κ3) is 2.09. The zero-order valence-electron chi connectivity index (χ0n) is 8.74. The normalized spacial score (nSPS) is 10.6. The van der Waals surface area contributed by atoms with Gasteiger partial charge in [0.05, 0.1) is 0 Å². The highest BCUT2D eigenvalue weighted by molar-refractivity contribution is 9.10. The molecule has 3 nitrogen and oxygen atoms in total. The molecule has 1 aromatic heterocycles. The second-order valence-electron chi connectivity index (χ2n) is 3.38. The molecule has 0 N–H and O–H groups in total. The maximum atomic E-state index is 4.32. The molecule has 0 atom stereocenters. The van der Waals surface area contributed by atoms with Crippen molar-refractivity contribution in [2.24, 2.45) is 7.05 Å². The van der Waals surface area contributed by atoms with Crippen molar-refractivity contribution in [2.45, 2.75) is 13.3 Å². The summed E-state index contributed by atoms with van der Waals surface area (Å²) in [5, 5.41) is 4.31. The number of halogens is 1. The molecule has 0 bridgehead atoms. The molecular weight excluding hydrogens is 254 g/mol. The number of aromatic nitrogens is 3. The molecule has 1 aromatic carbocycles. The van der Waals surface area contributed by atoms with Crippen molar-refractivity contribution < 1.29 is 0 Å². The summed E-state index contributed by atoms with van der Waals surface area (Å²) in [6.45, 7) is 2.14. The molecular formula is C11H12BrN3. The van der Waals surface area contributed by atoms with E-state index in [-0.39, 0.29) is 0 Å². The average molecular weight is 266 g/mol. The van der Waals surface area contributed by atoms with Crippen molar-refractivity contribution >= 4 is 15.9 Å². The second kappa shape index (κ2) is 4.14. The Morgan fingerprint density at radius 3 is 2.80 bits per heavy atom. The van der Waals surface area contributed by atoms with Crippen LogP contribution in [0.3, 0.4) is 0 Å². The highest BCUT2D eigenvalue weighted by Crippen LogP contribution is 2.18. The number of aryl methyl sites for hydroxylation is 2. The summed E-state index contributed by atoms with van der Waals surface area (Å²) in [5.41, 5.74) is 2.37. The molecule has 0 saturated carbocycles. The Hall–Kier alpha value is -1.16. The second-order valence-corrected chi connectivity index (χ2v) is 4.09. The molecule has 0 radical (unpaired) electrons. The minimum atomic E-state index is 0.749. The quantitative estimate of drug-likeness (QED) is 0.836. The standard InChI is InChI=1S/C11H12BrN3/c1-3-8-5-4-6-9(7-8)10-13-11(12)15(2)14-10/h4-7H,3H2,1-2H3. The lowest BCUT2D eigenvalue weighted by Crippen LogP contribution is -1.90. The van der Waals surface area contributed by atoms with Crippen LogP contribution in [-0.2, 0) is 13.5 Å². The fourth-order valence-corrected chi connectivity index (χ4v) is 1.67. The van der Waals surface area contributed by atoms with Gasteiger partial charge in [-0.2, -0.15) is 5.10 Å². The highest BCUT2D eigenvalue weighted by Gasteiger charge is 2.06. The Kier molecular flexibility index (Phi) is 2.86. The minimum Gasteiger partial charge on any atom is -0.243 e. The van der Waals surface area contributed by atoms with E-state index in [0.29, 0.717) is 0 Å². The Morgan fingerprint density at radius 1 is 1.40 bits per heavy atom.